The largest absolute Gasteiger partial charge is 0.463 e. The summed E-state index contributed by atoms with van der Waals surface area (Å²) in [7, 11) is 0. The Morgan fingerprint density at radius 3 is 2.38 bits per heavy atom. The molecule has 0 spiro atoms. The fourth-order valence-electron chi connectivity index (χ4n) is 3.24. The first kappa shape index (κ1) is 21.9. The lowest BCUT2D eigenvalue weighted by Crippen LogP contribution is -2.12. The van der Waals surface area contributed by atoms with Gasteiger partial charge in [0.15, 0.2) is 5.82 Å². The highest BCUT2D eigenvalue weighted by atomic mass is 35.5. The van der Waals surface area contributed by atoms with Crippen molar-refractivity contribution in [1.82, 2.24) is 14.8 Å². The van der Waals surface area contributed by atoms with E-state index in [2.05, 4.69) is 15.4 Å². The molecule has 0 bridgehead atoms. The molecule has 1 amide bonds. The van der Waals surface area contributed by atoms with Gasteiger partial charge >= 0.3 is 6.01 Å². The van der Waals surface area contributed by atoms with Gasteiger partial charge in [-0.25, -0.2) is 4.68 Å². The Labute approximate surface area is 195 Å². The summed E-state index contributed by atoms with van der Waals surface area (Å²) in [5.41, 5.74) is 3.82. The standard InChI is InChI=1S/C24H20Cl2N4O2/c1-3-32-24-28-22(21-7-5-4-6-15(21)2)30(29-24)20-10-8-19(9-11-20)27-23(31)16-12-17(25)14-18(26)13-16/h4-14H,3H2,1-2H3,(H,27,31). The second-order valence-electron chi connectivity index (χ2n) is 7.04. The maximum Gasteiger partial charge on any atom is 0.336 e. The third kappa shape index (κ3) is 4.77. The predicted octanol–water partition coefficient (Wildman–Crippen LogP) is 6.20. The van der Waals surface area contributed by atoms with Crippen molar-refractivity contribution in [3.63, 3.8) is 0 Å². The van der Waals surface area contributed by atoms with Crippen molar-refractivity contribution in [2.24, 2.45) is 0 Å². The molecule has 3 aromatic carbocycles. The third-order valence-electron chi connectivity index (χ3n) is 4.74. The van der Waals surface area contributed by atoms with Gasteiger partial charge in [0.05, 0.1) is 12.3 Å². The summed E-state index contributed by atoms with van der Waals surface area (Å²) in [6, 6.07) is 20.3. The molecule has 1 heterocycles. The number of hydrogen-bond acceptors (Lipinski definition) is 4. The number of amides is 1. The SMILES string of the molecule is CCOc1nc(-c2ccccc2C)n(-c2ccc(NC(=O)c3cc(Cl)cc(Cl)c3)cc2)n1. The molecule has 0 atom stereocenters. The topological polar surface area (TPSA) is 69.0 Å². The highest BCUT2D eigenvalue weighted by Crippen LogP contribution is 2.27. The normalized spacial score (nSPS) is 10.8. The van der Waals surface area contributed by atoms with Gasteiger partial charge in [0, 0.05) is 26.9 Å². The summed E-state index contributed by atoms with van der Waals surface area (Å²) >= 11 is 12.0. The Morgan fingerprint density at radius 1 is 1.03 bits per heavy atom. The van der Waals surface area contributed by atoms with E-state index in [0.29, 0.717) is 39.7 Å². The van der Waals surface area contributed by atoms with E-state index in [4.69, 9.17) is 27.9 Å². The van der Waals surface area contributed by atoms with Gasteiger partial charge in [0.1, 0.15) is 0 Å². The van der Waals surface area contributed by atoms with Crippen LogP contribution in [0, 0.1) is 6.92 Å². The molecule has 0 aliphatic rings. The maximum absolute atomic E-state index is 12.6. The summed E-state index contributed by atoms with van der Waals surface area (Å²) in [6.07, 6.45) is 0. The summed E-state index contributed by atoms with van der Waals surface area (Å²) in [5, 5.41) is 8.16. The fraction of sp³-hybridized carbons (Fsp3) is 0.125. The number of nitrogens with zero attached hydrogens (tertiary/aromatic N) is 3. The second kappa shape index (κ2) is 9.42. The molecule has 6 nitrogen and oxygen atoms in total. The number of halogens is 2. The summed E-state index contributed by atoms with van der Waals surface area (Å²) in [4.78, 5) is 17.1. The molecular formula is C24H20Cl2N4O2. The smallest absolute Gasteiger partial charge is 0.336 e. The van der Waals surface area contributed by atoms with Crippen molar-refractivity contribution in [2.45, 2.75) is 13.8 Å². The number of carbonyl (C=O) groups excluding carboxylic acids is 1. The van der Waals surface area contributed by atoms with Crippen molar-refractivity contribution < 1.29 is 9.53 Å². The van der Waals surface area contributed by atoms with Crippen LogP contribution in [0.4, 0.5) is 5.69 Å². The van der Waals surface area contributed by atoms with Crippen LogP contribution >= 0.6 is 23.2 Å². The number of nitrogens with one attached hydrogen (secondary N) is 1. The summed E-state index contributed by atoms with van der Waals surface area (Å²) in [6.45, 7) is 4.38. The molecule has 162 valence electrons. The quantitative estimate of drug-likeness (QED) is 0.367. The van der Waals surface area contributed by atoms with Gasteiger partial charge in [0.25, 0.3) is 5.91 Å². The molecular weight excluding hydrogens is 447 g/mol. The van der Waals surface area contributed by atoms with Crippen LogP contribution in [0.5, 0.6) is 6.01 Å². The van der Waals surface area contributed by atoms with Crippen molar-refractivity contribution in [1.29, 1.82) is 0 Å². The van der Waals surface area contributed by atoms with Crippen LogP contribution in [-0.2, 0) is 0 Å². The van der Waals surface area contributed by atoms with E-state index in [0.717, 1.165) is 16.8 Å². The van der Waals surface area contributed by atoms with Gasteiger partial charge in [0.2, 0.25) is 0 Å². The number of anilines is 1. The third-order valence-corrected chi connectivity index (χ3v) is 5.18. The lowest BCUT2D eigenvalue weighted by atomic mass is 10.1. The van der Waals surface area contributed by atoms with Gasteiger partial charge in [-0.3, -0.25) is 4.79 Å². The molecule has 1 N–H and O–H groups in total. The average molecular weight is 467 g/mol. The van der Waals surface area contributed by atoms with E-state index in [1.807, 2.05) is 50.2 Å². The van der Waals surface area contributed by atoms with Crippen LogP contribution in [0.2, 0.25) is 10.0 Å². The molecule has 32 heavy (non-hydrogen) atoms. The van der Waals surface area contributed by atoms with Gasteiger partial charge in [-0.15, -0.1) is 5.10 Å². The Balaban J connectivity index is 1.63. The first-order valence-corrected chi connectivity index (χ1v) is 10.7. The Morgan fingerprint density at radius 2 is 1.72 bits per heavy atom. The lowest BCUT2D eigenvalue weighted by molar-refractivity contribution is 0.102. The average Bonchev–Trinajstić information content (AvgIpc) is 3.18. The van der Waals surface area contributed by atoms with E-state index < -0.39 is 0 Å². The van der Waals surface area contributed by atoms with Crippen LogP contribution in [0.3, 0.4) is 0 Å². The van der Waals surface area contributed by atoms with Gasteiger partial charge in [-0.05, 0) is 61.9 Å². The molecule has 8 heteroatoms. The van der Waals surface area contributed by atoms with E-state index in [9.17, 15) is 4.79 Å². The Hall–Kier alpha value is -3.35. The number of aryl methyl sites for hydroxylation is 1. The first-order valence-electron chi connectivity index (χ1n) is 9.98. The minimum atomic E-state index is -0.304. The van der Waals surface area contributed by atoms with Crippen LogP contribution in [0.1, 0.15) is 22.8 Å². The highest BCUT2D eigenvalue weighted by Gasteiger charge is 2.16. The molecule has 0 saturated heterocycles. The lowest BCUT2D eigenvalue weighted by Gasteiger charge is -2.10. The van der Waals surface area contributed by atoms with Crippen LogP contribution < -0.4 is 10.1 Å². The Bertz CT molecular complexity index is 1250. The molecule has 0 radical (unpaired) electrons. The van der Waals surface area contributed by atoms with E-state index in [1.54, 1.807) is 35.0 Å². The van der Waals surface area contributed by atoms with Crippen LogP contribution in [0.25, 0.3) is 17.1 Å². The highest BCUT2D eigenvalue weighted by molar-refractivity contribution is 6.35. The molecule has 4 aromatic rings. The van der Waals surface area contributed by atoms with Gasteiger partial charge < -0.3 is 10.1 Å². The molecule has 0 unspecified atom stereocenters. The second-order valence-corrected chi connectivity index (χ2v) is 7.91. The first-order chi connectivity index (χ1) is 15.4. The van der Waals surface area contributed by atoms with E-state index >= 15 is 0 Å². The number of ether oxygens (including phenoxy) is 1. The van der Waals surface area contributed by atoms with Crippen molar-refractivity contribution in [3.8, 4) is 23.1 Å². The maximum atomic E-state index is 12.6. The molecule has 0 aliphatic carbocycles. The number of hydrogen-bond donors (Lipinski definition) is 1. The van der Waals surface area contributed by atoms with E-state index in [1.165, 1.54) is 0 Å². The fourth-order valence-corrected chi connectivity index (χ4v) is 3.76. The zero-order valence-corrected chi connectivity index (χ0v) is 19.0. The zero-order valence-electron chi connectivity index (χ0n) is 17.5. The molecule has 1 aromatic heterocycles. The van der Waals surface area contributed by atoms with Crippen molar-refractivity contribution in [3.05, 3.63) is 87.9 Å². The van der Waals surface area contributed by atoms with Gasteiger partial charge in [-0.1, -0.05) is 47.5 Å². The monoisotopic (exact) mass is 466 g/mol. The number of aromatic nitrogens is 3. The number of carbonyl (C=O) groups is 1. The van der Waals surface area contributed by atoms with Crippen LogP contribution in [0.15, 0.2) is 66.7 Å². The Kier molecular flexibility index (Phi) is 6.44. The molecule has 0 saturated carbocycles. The number of rotatable bonds is 6. The van der Waals surface area contributed by atoms with Crippen molar-refractivity contribution >= 4 is 34.8 Å². The van der Waals surface area contributed by atoms with Crippen LogP contribution in [-0.4, -0.2) is 27.3 Å². The van der Waals surface area contributed by atoms with E-state index in [-0.39, 0.29) is 5.91 Å². The molecule has 4 rings (SSSR count). The van der Waals surface area contributed by atoms with Gasteiger partial charge in [-0.2, -0.15) is 4.98 Å². The summed E-state index contributed by atoms with van der Waals surface area (Å²) in [5.74, 6) is 0.374. The van der Waals surface area contributed by atoms with Crippen molar-refractivity contribution in [2.75, 3.05) is 11.9 Å². The predicted molar refractivity (Wildman–Crippen MR) is 127 cm³/mol. The molecule has 0 fully saturated rings. The minimum Gasteiger partial charge on any atom is -0.463 e. The minimum absolute atomic E-state index is 0.304. The summed E-state index contributed by atoms with van der Waals surface area (Å²) < 4.78 is 7.26. The molecule has 0 aliphatic heterocycles. The zero-order chi connectivity index (χ0) is 22.7. The number of benzene rings is 3.